The lowest BCUT2D eigenvalue weighted by atomic mass is 9.86. The Balaban J connectivity index is 2.41. The monoisotopic (exact) mass is 294 g/mol. The molecule has 7 heteroatoms. The van der Waals surface area contributed by atoms with Gasteiger partial charge in [0.25, 0.3) is 5.69 Å². The zero-order valence-electron chi connectivity index (χ0n) is 12.4. The first-order chi connectivity index (χ1) is 9.88. The van der Waals surface area contributed by atoms with Gasteiger partial charge in [0.05, 0.1) is 4.92 Å². The summed E-state index contributed by atoms with van der Waals surface area (Å²) >= 11 is 0. The van der Waals surface area contributed by atoms with Gasteiger partial charge >= 0.3 is 0 Å². The average Bonchev–Trinajstić information content (AvgIpc) is 2.46. The number of rotatable bonds is 8. The molecule has 1 aromatic rings. The lowest BCUT2D eigenvalue weighted by Gasteiger charge is -2.22. The van der Waals surface area contributed by atoms with E-state index in [4.69, 9.17) is 10.9 Å². The first-order valence-electron chi connectivity index (χ1n) is 6.79. The number of benzene rings is 1. The molecule has 0 atom stereocenters. The van der Waals surface area contributed by atoms with Crippen molar-refractivity contribution in [1.82, 2.24) is 5.32 Å². The molecule has 1 rings (SSSR count). The molecular weight excluding hydrogens is 272 g/mol. The van der Waals surface area contributed by atoms with Crippen LogP contribution in [0.5, 0.6) is 0 Å². The molecule has 1 aromatic carbocycles. The molecule has 0 heterocycles. The predicted molar refractivity (Wildman–Crippen MR) is 81.2 cm³/mol. The number of nitrogens with two attached hydrogens (primary N) is 1. The van der Waals surface area contributed by atoms with Crippen LogP contribution in [0.15, 0.2) is 29.4 Å². The minimum atomic E-state index is -0.376. The molecule has 0 aromatic heterocycles. The molecule has 0 aliphatic rings. The Morgan fingerprint density at radius 1 is 1.48 bits per heavy atom. The van der Waals surface area contributed by atoms with Crippen LogP contribution < -0.4 is 11.1 Å². The van der Waals surface area contributed by atoms with E-state index < -0.39 is 0 Å². The van der Waals surface area contributed by atoms with Crippen LogP contribution in [-0.4, -0.2) is 22.5 Å². The van der Waals surface area contributed by atoms with E-state index in [0.717, 1.165) is 12.8 Å². The number of para-hydroxylation sites is 1. The molecule has 116 valence electrons. The Morgan fingerprint density at radius 3 is 2.76 bits per heavy atom. The lowest BCUT2D eigenvalue weighted by molar-refractivity contribution is -0.385. The van der Waals surface area contributed by atoms with E-state index in [2.05, 4.69) is 10.5 Å². The smallest absolute Gasteiger partial charge is 0.273 e. The van der Waals surface area contributed by atoms with E-state index >= 15 is 0 Å². The topological polar surface area (TPSA) is 114 Å². The third-order valence-electron chi connectivity index (χ3n) is 3.46. The number of nitrogens with zero attached hydrogens (tertiary/aromatic N) is 2. The maximum absolute atomic E-state index is 10.9. The molecule has 0 saturated heterocycles. The summed E-state index contributed by atoms with van der Waals surface area (Å²) in [5, 5.41) is 25.8. The molecule has 0 spiro atoms. The van der Waals surface area contributed by atoms with Gasteiger partial charge in [-0.2, -0.15) is 0 Å². The maximum Gasteiger partial charge on any atom is 0.273 e. The van der Waals surface area contributed by atoms with Crippen molar-refractivity contribution in [2.45, 2.75) is 33.2 Å². The predicted octanol–water partition coefficient (Wildman–Crippen LogP) is 2.24. The van der Waals surface area contributed by atoms with Gasteiger partial charge in [-0.15, -0.1) is 0 Å². The molecule has 0 saturated carbocycles. The van der Waals surface area contributed by atoms with Crippen LogP contribution in [0.25, 0.3) is 0 Å². The Bertz CT molecular complexity index is 515. The Hall–Kier alpha value is -2.15. The van der Waals surface area contributed by atoms with Crippen LogP contribution in [0.3, 0.4) is 0 Å². The van der Waals surface area contributed by atoms with E-state index in [0.29, 0.717) is 18.7 Å². The van der Waals surface area contributed by atoms with Crippen LogP contribution in [-0.2, 0) is 6.54 Å². The quantitative estimate of drug-likeness (QED) is 0.170. The summed E-state index contributed by atoms with van der Waals surface area (Å²) in [6.45, 7) is 4.96. The van der Waals surface area contributed by atoms with E-state index in [9.17, 15) is 10.1 Å². The molecule has 0 amide bonds. The van der Waals surface area contributed by atoms with E-state index in [1.165, 1.54) is 6.07 Å². The van der Waals surface area contributed by atoms with E-state index in [1.807, 2.05) is 13.8 Å². The summed E-state index contributed by atoms with van der Waals surface area (Å²) in [5.41, 5.74) is 6.04. The largest absolute Gasteiger partial charge is 0.409 e. The first-order valence-corrected chi connectivity index (χ1v) is 6.79. The number of hydrogen-bond acceptors (Lipinski definition) is 5. The van der Waals surface area contributed by atoms with Crippen LogP contribution in [0.2, 0.25) is 0 Å². The minimum Gasteiger partial charge on any atom is -0.409 e. The Labute approximate surface area is 124 Å². The number of nitro benzene ring substituents is 1. The molecule has 0 unspecified atom stereocenters. The zero-order chi connectivity index (χ0) is 15.9. The number of amidine groups is 1. The average molecular weight is 294 g/mol. The molecule has 0 aliphatic carbocycles. The van der Waals surface area contributed by atoms with E-state index in [1.54, 1.807) is 18.2 Å². The summed E-state index contributed by atoms with van der Waals surface area (Å²) in [6, 6.07) is 6.68. The maximum atomic E-state index is 10.9. The van der Waals surface area contributed by atoms with Gasteiger partial charge in [0.15, 0.2) is 0 Å². The number of oxime groups is 1. The van der Waals surface area contributed by atoms with Gasteiger partial charge in [-0.25, -0.2) is 0 Å². The van der Waals surface area contributed by atoms with Gasteiger partial charge < -0.3 is 16.3 Å². The van der Waals surface area contributed by atoms with Crippen molar-refractivity contribution in [2.24, 2.45) is 16.3 Å². The highest BCUT2D eigenvalue weighted by Gasteiger charge is 2.22. The van der Waals surface area contributed by atoms with Gasteiger partial charge in [0, 0.05) is 23.6 Å². The van der Waals surface area contributed by atoms with Gasteiger partial charge in [-0.05, 0) is 19.4 Å². The van der Waals surface area contributed by atoms with Gasteiger partial charge in [0.1, 0.15) is 5.84 Å². The molecule has 4 N–H and O–H groups in total. The molecule has 21 heavy (non-hydrogen) atoms. The Morgan fingerprint density at radius 2 is 2.14 bits per heavy atom. The van der Waals surface area contributed by atoms with Crippen molar-refractivity contribution in [3.05, 3.63) is 39.9 Å². The second kappa shape index (κ2) is 7.58. The molecular formula is C14H22N4O3. The van der Waals surface area contributed by atoms with Crippen LogP contribution >= 0.6 is 0 Å². The highest BCUT2D eigenvalue weighted by atomic mass is 16.6. The number of nitrogens with one attached hydrogen (secondary N) is 1. The van der Waals surface area contributed by atoms with Gasteiger partial charge in [-0.3, -0.25) is 10.1 Å². The first kappa shape index (κ1) is 16.9. The summed E-state index contributed by atoms with van der Waals surface area (Å²) in [6.07, 6.45) is 1.58. The van der Waals surface area contributed by atoms with Crippen LogP contribution in [0.1, 0.15) is 32.3 Å². The minimum absolute atomic E-state index is 0.127. The fourth-order valence-electron chi connectivity index (χ4n) is 1.98. The Kier molecular flexibility index (Phi) is 6.10. The van der Waals surface area contributed by atoms with Crippen molar-refractivity contribution in [3.63, 3.8) is 0 Å². The summed E-state index contributed by atoms with van der Waals surface area (Å²) in [7, 11) is 0. The molecule has 7 nitrogen and oxygen atoms in total. The molecule has 0 bridgehead atoms. The fourth-order valence-corrected chi connectivity index (χ4v) is 1.98. The SMILES string of the molecule is CC(C)(CCCNCc1ccccc1[N+](=O)[O-])C(N)=NO. The second-order valence-corrected chi connectivity index (χ2v) is 5.54. The normalized spacial score (nSPS) is 12.4. The van der Waals surface area contributed by atoms with Crippen molar-refractivity contribution >= 4 is 11.5 Å². The standard InChI is InChI=1S/C14H22N4O3/c1-14(2,13(15)17-19)8-5-9-16-10-11-6-3-4-7-12(11)18(20)21/h3-4,6-7,16,19H,5,8-10H2,1-2H3,(H2,15,17). The highest BCUT2D eigenvalue weighted by molar-refractivity contribution is 5.85. The van der Waals surface area contributed by atoms with Crippen molar-refractivity contribution in [2.75, 3.05) is 6.54 Å². The zero-order valence-corrected chi connectivity index (χ0v) is 12.4. The molecule has 0 aliphatic heterocycles. The van der Waals surface area contributed by atoms with Crippen LogP contribution in [0.4, 0.5) is 5.69 Å². The summed E-state index contributed by atoms with van der Waals surface area (Å²) in [5.74, 6) is 0.209. The summed E-state index contributed by atoms with van der Waals surface area (Å²) < 4.78 is 0. The summed E-state index contributed by atoms with van der Waals surface area (Å²) in [4.78, 5) is 10.5. The fraction of sp³-hybridized carbons (Fsp3) is 0.500. The number of nitro groups is 1. The van der Waals surface area contributed by atoms with Crippen LogP contribution in [0, 0.1) is 15.5 Å². The van der Waals surface area contributed by atoms with E-state index in [-0.39, 0.29) is 21.9 Å². The third-order valence-corrected chi connectivity index (χ3v) is 3.46. The van der Waals surface area contributed by atoms with Crippen molar-refractivity contribution in [1.29, 1.82) is 0 Å². The van der Waals surface area contributed by atoms with Crippen molar-refractivity contribution < 1.29 is 10.1 Å². The van der Waals surface area contributed by atoms with Gasteiger partial charge in [-0.1, -0.05) is 37.2 Å². The van der Waals surface area contributed by atoms with Crippen molar-refractivity contribution in [3.8, 4) is 0 Å². The third kappa shape index (κ3) is 5.03. The lowest BCUT2D eigenvalue weighted by Crippen LogP contribution is -2.32. The second-order valence-electron chi connectivity index (χ2n) is 5.54. The number of hydrogen-bond donors (Lipinski definition) is 3. The molecule has 0 fully saturated rings. The molecule has 0 radical (unpaired) electrons. The highest BCUT2D eigenvalue weighted by Crippen LogP contribution is 2.22. The van der Waals surface area contributed by atoms with Gasteiger partial charge in [0.2, 0.25) is 0 Å².